The molecule has 0 amide bonds. The van der Waals surface area contributed by atoms with Crippen molar-refractivity contribution in [3.8, 4) is 0 Å². The van der Waals surface area contributed by atoms with Crippen LogP contribution in [0.5, 0.6) is 0 Å². The first-order valence-corrected chi connectivity index (χ1v) is 9.37. The third-order valence-corrected chi connectivity index (χ3v) is 5.21. The maximum absolute atomic E-state index is 9.62. The Bertz CT molecular complexity index is 566. The predicted octanol–water partition coefficient (Wildman–Crippen LogP) is 1.79. The number of rotatable bonds is 7. The van der Waals surface area contributed by atoms with Crippen LogP contribution in [0.2, 0.25) is 0 Å². The number of ether oxygens (including phenoxy) is 1. The van der Waals surface area contributed by atoms with Crippen molar-refractivity contribution < 1.29 is 9.84 Å². The van der Waals surface area contributed by atoms with Crippen LogP contribution in [0.15, 0.2) is 6.07 Å². The van der Waals surface area contributed by atoms with Crippen molar-refractivity contribution in [1.29, 1.82) is 0 Å². The Morgan fingerprint density at radius 2 is 2.12 bits per heavy atom. The average Bonchev–Trinajstić information content (AvgIpc) is 3.20. The summed E-state index contributed by atoms with van der Waals surface area (Å²) in [5.41, 5.74) is 1.10. The fourth-order valence-electron chi connectivity index (χ4n) is 3.52. The molecule has 3 aliphatic rings. The minimum absolute atomic E-state index is 0.242. The fourth-order valence-corrected chi connectivity index (χ4v) is 3.52. The van der Waals surface area contributed by atoms with E-state index in [1.165, 1.54) is 12.8 Å². The van der Waals surface area contributed by atoms with Gasteiger partial charge in [-0.15, -0.1) is 0 Å². The highest BCUT2D eigenvalue weighted by Crippen LogP contribution is 2.33. The van der Waals surface area contributed by atoms with Crippen LogP contribution in [0.1, 0.15) is 44.2 Å². The first-order chi connectivity index (χ1) is 11.7. The van der Waals surface area contributed by atoms with Gasteiger partial charge in [-0.2, -0.15) is 4.98 Å². The number of nitrogens with zero attached hydrogens (tertiary/aromatic N) is 4. The quantitative estimate of drug-likeness (QED) is 0.821. The normalized spacial score (nSPS) is 24.2. The topological polar surface area (TPSA) is 61.7 Å². The summed E-state index contributed by atoms with van der Waals surface area (Å²) >= 11 is 0. The molecule has 0 unspecified atom stereocenters. The Kier molecular flexibility index (Phi) is 4.59. The van der Waals surface area contributed by atoms with E-state index in [1.807, 2.05) is 0 Å². The van der Waals surface area contributed by atoms with Gasteiger partial charge in [-0.05, 0) is 31.6 Å². The van der Waals surface area contributed by atoms with Gasteiger partial charge in [-0.1, -0.05) is 6.92 Å². The molecular formula is C18H28N4O2. The minimum atomic E-state index is -0.242. The summed E-state index contributed by atoms with van der Waals surface area (Å²) in [6.45, 7) is 7.22. The second-order valence-electron chi connectivity index (χ2n) is 7.46. The summed E-state index contributed by atoms with van der Waals surface area (Å²) in [5, 5.41) is 9.62. The molecule has 2 aliphatic heterocycles. The highest BCUT2D eigenvalue weighted by atomic mass is 16.5. The molecule has 3 fully saturated rings. The first kappa shape index (κ1) is 16.1. The smallest absolute Gasteiger partial charge is 0.227 e. The van der Waals surface area contributed by atoms with Gasteiger partial charge in [-0.3, -0.25) is 0 Å². The van der Waals surface area contributed by atoms with Crippen molar-refractivity contribution in [2.45, 2.75) is 44.6 Å². The van der Waals surface area contributed by atoms with E-state index in [0.29, 0.717) is 19.0 Å². The zero-order valence-electron chi connectivity index (χ0n) is 14.5. The Labute approximate surface area is 143 Å². The zero-order valence-corrected chi connectivity index (χ0v) is 14.5. The van der Waals surface area contributed by atoms with Gasteiger partial charge in [0.2, 0.25) is 5.95 Å². The molecule has 1 aromatic rings. The molecule has 6 heteroatoms. The molecule has 2 saturated heterocycles. The molecule has 24 heavy (non-hydrogen) atoms. The zero-order chi connectivity index (χ0) is 16.5. The SMILES string of the molecule is CCCN(CC1CC1)c1cc([C@H]2CCOC2)nc(N2CC(O)C2)n1. The molecule has 1 N–H and O–H groups in total. The Balaban J connectivity index is 1.62. The van der Waals surface area contributed by atoms with E-state index in [2.05, 4.69) is 22.8 Å². The van der Waals surface area contributed by atoms with Gasteiger partial charge in [0, 0.05) is 44.8 Å². The first-order valence-electron chi connectivity index (χ1n) is 9.37. The van der Waals surface area contributed by atoms with Crippen molar-refractivity contribution in [1.82, 2.24) is 9.97 Å². The predicted molar refractivity (Wildman–Crippen MR) is 93.7 cm³/mol. The van der Waals surface area contributed by atoms with Gasteiger partial charge in [0.1, 0.15) is 5.82 Å². The van der Waals surface area contributed by atoms with E-state index in [9.17, 15) is 5.11 Å². The Hall–Kier alpha value is -1.40. The highest BCUT2D eigenvalue weighted by molar-refractivity contribution is 5.48. The number of anilines is 2. The summed E-state index contributed by atoms with van der Waals surface area (Å²) in [6.07, 6.45) is 4.61. The van der Waals surface area contributed by atoms with Gasteiger partial charge in [0.25, 0.3) is 0 Å². The van der Waals surface area contributed by atoms with Crippen LogP contribution in [-0.4, -0.2) is 60.6 Å². The van der Waals surface area contributed by atoms with E-state index in [4.69, 9.17) is 14.7 Å². The second kappa shape index (κ2) is 6.84. The number of hydrogen-bond acceptors (Lipinski definition) is 6. The van der Waals surface area contributed by atoms with Crippen LogP contribution < -0.4 is 9.80 Å². The van der Waals surface area contributed by atoms with Crippen LogP contribution in [0.4, 0.5) is 11.8 Å². The van der Waals surface area contributed by atoms with Gasteiger partial charge >= 0.3 is 0 Å². The minimum Gasteiger partial charge on any atom is -0.389 e. The van der Waals surface area contributed by atoms with E-state index < -0.39 is 0 Å². The number of aromatic nitrogens is 2. The molecule has 1 saturated carbocycles. The van der Waals surface area contributed by atoms with Crippen LogP contribution in [0, 0.1) is 5.92 Å². The van der Waals surface area contributed by atoms with E-state index in [1.54, 1.807) is 0 Å². The summed E-state index contributed by atoms with van der Waals surface area (Å²) in [4.78, 5) is 14.2. The van der Waals surface area contributed by atoms with Gasteiger partial charge in [0.15, 0.2) is 0 Å². The monoisotopic (exact) mass is 332 g/mol. The van der Waals surface area contributed by atoms with Crippen molar-refractivity contribution in [2.75, 3.05) is 49.2 Å². The summed E-state index contributed by atoms with van der Waals surface area (Å²) in [5.74, 6) is 3.04. The van der Waals surface area contributed by atoms with E-state index in [0.717, 1.165) is 62.5 Å². The molecule has 132 valence electrons. The number of aliphatic hydroxyl groups excluding tert-OH is 1. The lowest BCUT2D eigenvalue weighted by Gasteiger charge is -2.36. The highest BCUT2D eigenvalue weighted by Gasteiger charge is 2.30. The Morgan fingerprint density at radius 1 is 1.29 bits per heavy atom. The molecule has 1 aliphatic carbocycles. The molecule has 0 aromatic carbocycles. The molecule has 6 nitrogen and oxygen atoms in total. The molecule has 0 spiro atoms. The molecule has 1 aromatic heterocycles. The van der Waals surface area contributed by atoms with Crippen LogP contribution >= 0.6 is 0 Å². The lowest BCUT2D eigenvalue weighted by molar-refractivity contribution is 0.140. The molecule has 0 radical (unpaired) electrons. The van der Waals surface area contributed by atoms with Crippen LogP contribution in [-0.2, 0) is 4.74 Å². The lowest BCUT2D eigenvalue weighted by atomic mass is 10.0. The standard InChI is InChI=1S/C18H28N4O2/c1-2-6-21(9-13-3-4-13)17-8-16(14-5-7-24-12-14)19-18(20-17)22-10-15(23)11-22/h8,13-15,23H,2-7,9-12H2,1H3/t14-/m0/s1. The molecule has 4 rings (SSSR count). The van der Waals surface area contributed by atoms with Crippen molar-refractivity contribution >= 4 is 11.8 Å². The third-order valence-electron chi connectivity index (χ3n) is 5.21. The Morgan fingerprint density at radius 3 is 2.75 bits per heavy atom. The molecule has 1 atom stereocenters. The van der Waals surface area contributed by atoms with Gasteiger partial charge in [0.05, 0.1) is 18.4 Å². The molecule has 3 heterocycles. The average molecular weight is 332 g/mol. The molecular weight excluding hydrogens is 304 g/mol. The number of hydrogen-bond donors (Lipinski definition) is 1. The maximum atomic E-state index is 9.62. The van der Waals surface area contributed by atoms with Crippen LogP contribution in [0.3, 0.4) is 0 Å². The van der Waals surface area contributed by atoms with Crippen LogP contribution in [0.25, 0.3) is 0 Å². The number of aliphatic hydroxyl groups is 1. The van der Waals surface area contributed by atoms with Crippen molar-refractivity contribution in [3.05, 3.63) is 11.8 Å². The summed E-state index contributed by atoms with van der Waals surface area (Å²) in [7, 11) is 0. The van der Waals surface area contributed by atoms with E-state index >= 15 is 0 Å². The summed E-state index contributed by atoms with van der Waals surface area (Å²) < 4.78 is 5.56. The van der Waals surface area contributed by atoms with Crippen molar-refractivity contribution in [2.24, 2.45) is 5.92 Å². The molecule has 0 bridgehead atoms. The largest absolute Gasteiger partial charge is 0.389 e. The summed E-state index contributed by atoms with van der Waals surface area (Å²) in [6, 6.07) is 2.18. The van der Waals surface area contributed by atoms with Crippen molar-refractivity contribution in [3.63, 3.8) is 0 Å². The lowest BCUT2D eigenvalue weighted by Crippen LogP contribution is -2.51. The number of β-amino-alcohol motifs (C(OH)–C–C–N with tert-alkyl or cyclic N) is 1. The fraction of sp³-hybridized carbons (Fsp3) is 0.778. The van der Waals surface area contributed by atoms with E-state index in [-0.39, 0.29) is 6.10 Å². The maximum Gasteiger partial charge on any atom is 0.227 e. The van der Waals surface area contributed by atoms with Gasteiger partial charge < -0.3 is 19.6 Å². The third kappa shape index (κ3) is 3.49. The van der Waals surface area contributed by atoms with Gasteiger partial charge in [-0.25, -0.2) is 4.98 Å². The second-order valence-corrected chi connectivity index (χ2v) is 7.46.